The quantitative estimate of drug-likeness (QED) is 0.470. The first-order valence-electron chi connectivity index (χ1n) is 11.7. The highest BCUT2D eigenvalue weighted by Crippen LogP contribution is 2.36. The Morgan fingerprint density at radius 3 is 1.67 bits per heavy atom. The number of nitrogens with zero attached hydrogens (tertiary/aromatic N) is 1. The van der Waals surface area contributed by atoms with Gasteiger partial charge in [0.15, 0.2) is 0 Å². The van der Waals surface area contributed by atoms with Gasteiger partial charge in [0.25, 0.3) is 0 Å². The fourth-order valence-electron chi connectivity index (χ4n) is 5.73. The lowest BCUT2D eigenvalue weighted by Crippen LogP contribution is -2.53. The molecule has 0 saturated heterocycles. The van der Waals surface area contributed by atoms with E-state index >= 15 is 0 Å². The monoisotopic (exact) mass is 377 g/mol. The van der Waals surface area contributed by atoms with Crippen molar-refractivity contribution in [1.29, 1.82) is 0 Å². The van der Waals surface area contributed by atoms with Crippen LogP contribution in [-0.2, 0) is 14.3 Å². The first kappa shape index (κ1) is 20.7. The van der Waals surface area contributed by atoms with Gasteiger partial charge in [-0.15, -0.1) is 0 Å². The van der Waals surface area contributed by atoms with Crippen molar-refractivity contribution in [3.63, 3.8) is 0 Å². The Hall–Kier alpha value is -1.06. The zero-order valence-corrected chi connectivity index (χ0v) is 17.3. The lowest BCUT2D eigenvalue weighted by Gasteiger charge is -2.44. The molecule has 154 valence electrons. The molecule has 0 heterocycles. The van der Waals surface area contributed by atoms with Gasteiger partial charge in [0.05, 0.1) is 6.61 Å². The number of hydrogen-bond acceptors (Lipinski definition) is 3. The van der Waals surface area contributed by atoms with Crippen LogP contribution in [0.4, 0.5) is 0 Å². The van der Waals surface area contributed by atoms with Gasteiger partial charge in [-0.25, -0.2) is 0 Å². The van der Waals surface area contributed by atoms with Gasteiger partial charge in [-0.05, 0) is 51.4 Å². The van der Waals surface area contributed by atoms with Gasteiger partial charge in [0.1, 0.15) is 5.92 Å². The van der Waals surface area contributed by atoms with E-state index in [4.69, 9.17) is 4.74 Å². The van der Waals surface area contributed by atoms with E-state index in [-0.39, 0.29) is 17.8 Å². The molecule has 3 aliphatic carbocycles. The molecule has 0 aromatic carbocycles. The second kappa shape index (κ2) is 10.5. The van der Waals surface area contributed by atoms with Crippen LogP contribution >= 0.6 is 0 Å². The van der Waals surface area contributed by atoms with Crippen molar-refractivity contribution in [3.8, 4) is 0 Å². The average molecular weight is 378 g/mol. The minimum Gasteiger partial charge on any atom is -0.465 e. The van der Waals surface area contributed by atoms with Crippen molar-refractivity contribution in [3.05, 3.63) is 0 Å². The highest BCUT2D eigenvalue weighted by molar-refractivity contribution is 5.98. The SMILES string of the molecule is CCOC(=O)[C@H](C(=O)N(C1CCCCC1)C1CCCCC1)C1CCCCC1. The maximum Gasteiger partial charge on any atom is 0.318 e. The van der Waals surface area contributed by atoms with Crippen LogP contribution in [0.3, 0.4) is 0 Å². The van der Waals surface area contributed by atoms with E-state index in [1.54, 1.807) is 0 Å². The third kappa shape index (κ3) is 5.26. The predicted octanol–water partition coefficient (Wildman–Crippen LogP) is 5.24. The molecule has 0 bridgehead atoms. The molecule has 0 spiro atoms. The summed E-state index contributed by atoms with van der Waals surface area (Å²) in [5.41, 5.74) is 0. The number of ether oxygens (including phenoxy) is 1. The second-order valence-electron chi connectivity index (χ2n) is 8.96. The zero-order chi connectivity index (χ0) is 19.1. The van der Waals surface area contributed by atoms with E-state index in [0.29, 0.717) is 18.7 Å². The highest BCUT2D eigenvalue weighted by Gasteiger charge is 2.43. The molecule has 3 saturated carbocycles. The molecule has 0 radical (unpaired) electrons. The number of rotatable bonds is 6. The molecule has 0 aliphatic heterocycles. The summed E-state index contributed by atoms with van der Waals surface area (Å²) < 4.78 is 5.42. The standard InChI is InChI=1S/C23H39NO3/c1-2-27-23(26)21(18-12-6-3-7-13-18)22(25)24(19-14-8-4-9-15-19)20-16-10-5-11-17-20/h18-21H,2-17H2,1H3/t21-/m0/s1. The van der Waals surface area contributed by atoms with Crippen molar-refractivity contribution in [1.82, 2.24) is 4.90 Å². The van der Waals surface area contributed by atoms with Crippen LogP contribution in [0.15, 0.2) is 0 Å². The lowest BCUT2D eigenvalue weighted by atomic mass is 9.78. The van der Waals surface area contributed by atoms with Crippen LogP contribution < -0.4 is 0 Å². The molecule has 3 aliphatic rings. The Morgan fingerprint density at radius 1 is 0.778 bits per heavy atom. The maximum atomic E-state index is 13.9. The molecule has 3 fully saturated rings. The number of esters is 1. The summed E-state index contributed by atoms with van der Waals surface area (Å²) >= 11 is 0. The summed E-state index contributed by atoms with van der Waals surface area (Å²) in [5, 5.41) is 0. The number of amides is 1. The number of carbonyl (C=O) groups excluding carboxylic acids is 2. The van der Waals surface area contributed by atoms with Gasteiger partial charge in [-0.1, -0.05) is 57.8 Å². The van der Waals surface area contributed by atoms with Crippen LogP contribution in [0, 0.1) is 11.8 Å². The summed E-state index contributed by atoms with van der Waals surface area (Å²) in [5.74, 6) is -0.528. The minimum absolute atomic E-state index is 0.110. The topological polar surface area (TPSA) is 46.6 Å². The zero-order valence-electron chi connectivity index (χ0n) is 17.3. The van der Waals surface area contributed by atoms with Crippen molar-refractivity contribution in [2.75, 3.05) is 6.61 Å². The van der Waals surface area contributed by atoms with Crippen molar-refractivity contribution in [2.45, 2.75) is 115 Å². The molecule has 4 heteroatoms. The van der Waals surface area contributed by atoms with Crippen molar-refractivity contribution >= 4 is 11.9 Å². The van der Waals surface area contributed by atoms with E-state index in [9.17, 15) is 9.59 Å². The number of hydrogen-bond donors (Lipinski definition) is 0. The van der Waals surface area contributed by atoms with Crippen molar-refractivity contribution < 1.29 is 14.3 Å². The Morgan fingerprint density at radius 2 is 1.22 bits per heavy atom. The first-order chi connectivity index (χ1) is 13.2. The van der Waals surface area contributed by atoms with Gasteiger partial charge >= 0.3 is 5.97 Å². The third-order valence-corrected chi connectivity index (χ3v) is 7.12. The molecule has 3 rings (SSSR count). The average Bonchev–Trinajstić information content (AvgIpc) is 2.71. The minimum atomic E-state index is -0.561. The smallest absolute Gasteiger partial charge is 0.318 e. The highest BCUT2D eigenvalue weighted by atomic mass is 16.5. The van der Waals surface area contributed by atoms with E-state index in [1.807, 2.05) is 6.92 Å². The summed E-state index contributed by atoms with van der Waals surface area (Å²) in [6.07, 6.45) is 17.4. The fourth-order valence-corrected chi connectivity index (χ4v) is 5.73. The maximum absolute atomic E-state index is 13.9. The molecule has 0 unspecified atom stereocenters. The predicted molar refractivity (Wildman–Crippen MR) is 107 cm³/mol. The lowest BCUT2D eigenvalue weighted by molar-refractivity contribution is -0.161. The molecular weight excluding hydrogens is 338 g/mol. The van der Waals surface area contributed by atoms with Crippen LogP contribution in [0.2, 0.25) is 0 Å². The summed E-state index contributed by atoms with van der Waals surface area (Å²) in [7, 11) is 0. The van der Waals surface area contributed by atoms with E-state index in [0.717, 1.165) is 51.4 Å². The van der Waals surface area contributed by atoms with Gasteiger partial charge in [-0.2, -0.15) is 0 Å². The normalized spacial score (nSPS) is 24.3. The van der Waals surface area contributed by atoms with Gasteiger partial charge in [0.2, 0.25) is 5.91 Å². The van der Waals surface area contributed by atoms with E-state index in [1.165, 1.54) is 44.9 Å². The summed E-state index contributed by atoms with van der Waals surface area (Å²) in [6, 6.07) is 0.685. The van der Waals surface area contributed by atoms with E-state index < -0.39 is 5.92 Å². The summed E-state index contributed by atoms with van der Waals surface area (Å²) in [4.78, 5) is 29.0. The molecule has 0 N–H and O–H groups in total. The number of carbonyl (C=O) groups is 2. The third-order valence-electron chi connectivity index (χ3n) is 7.12. The first-order valence-corrected chi connectivity index (χ1v) is 11.7. The van der Waals surface area contributed by atoms with Gasteiger partial charge in [-0.3, -0.25) is 9.59 Å². The van der Waals surface area contributed by atoms with Crippen LogP contribution in [0.25, 0.3) is 0 Å². The van der Waals surface area contributed by atoms with Gasteiger partial charge in [0, 0.05) is 12.1 Å². The molecule has 27 heavy (non-hydrogen) atoms. The molecule has 1 amide bonds. The van der Waals surface area contributed by atoms with Crippen molar-refractivity contribution in [2.24, 2.45) is 11.8 Å². The van der Waals surface area contributed by atoms with E-state index in [2.05, 4.69) is 4.90 Å². The molecule has 1 atom stereocenters. The largest absolute Gasteiger partial charge is 0.465 e. The molecular formula is C23H39NO3. The Bertz CT molecular complexity index is 456. The van der Waals surface area contributed by atoms with Gasteiger partial charge < -0.3 is 9.64 Å². The molecule has 4 nitrogen and oxygen atoms in total. The second-order valence-corrected chi connectivity index (χ2v) is 8.96. The molecule has 0 aromatic rings. The van der Waals surface area contributed by atoms with Crippen LogP contribution in [0.5, 0.6) is 0 Å². The summed E-state index contributed by atoms with van der Waals surface area (Å²) in [6.45, 7) is 2.21. The Labute approximate surface area is 165 Å². The van der Waals surface area contributed by atoms with Crippen LogP contribution in [0.1, 0.15) is 103 Å². The Kier molecular flexibility index (Phi) is 8.02. The fraction of sp³-hybridized carbons (Fsp3) is 0.913. The molecule has 0 aromatic heterocycles. The Balaban J connectivity index is 1.83. The van der Waals surface area contributed by atoms with Crippen LogP contribution in [-0.4, -0.2) is 35.5 Å².